The topological polar surface area (TPSA) is 69.0 Å². The van der Waals surface area contributed by atoms with E-state index in [1.165, 1.54) is 10.9 Å². The molecule has 4 aromatic rings. The van der Waals surface area contributed by atoms with Crippen LogP contribution in [0.3, 0.4) is 0 Å². The zero-order chi connectivity index (χ0) is 20.5. The predicted molar refractivity (Wildman–Crippen MR) is 115 cm³/mol. The third-order valence-electron chi connectivity index (χ3n) is 4.19. The van der Waals surface area contributed by atoms with Crippen LogP contribution < -0.4 is 10.1 Å². The van der Waals surface area contributed by atoms with E-state index in [2.05, 4.69) is 15.5 Å². The SMILES string of the molecule is COc1ccc(-n2nc3ccc(NC(=O)c4ccc(Cl)c(Cl)c4)cc3n2)cc1Cl. The molecule has 9 heteroatoms. The molecule has 6 nitrogen and oxygen atoms in total. The van der Waals surface area contributed by atoms with Crippen LogP contribution in [0.25, 0.3) is 16.7 Å². The monoisotopic (exact) mass is 446 g/mol. The molecule has 29 heavy (non-hydrogen) atoms. The third-order valence-corrected chi connectivity index (χ3v) is 5.22. The van der Waals surface area contributed by atoms with Crippen molar-refractivity contribution in [2.24, 2.45) is 0 Å². The molecule has 4 rings (SSSR count). The van der Waals surface area contributed by atoms with Crippen molar-refractivity contribution in [2.45, 2.75) is 0 Å². The number of anilines is 1. The lowest BCUT2D eigenvalue weighted by atomic mass is 10.2. The third kappa shape index (κ3) is 4.00. The summed E-state index contributed by atoms with van der Waals surface area (Å²) in [6.45, 7) is 0. The first-order valence-corrected chi connectivity index (χ1v) is 9.55. The fourth-order valence-corrected chi connectivity index (χ4v) is 3.28. The highest BCUT2D eigenvalue weighted by atomic mass is 35.5. The van der Waals surface area contributed by atoms with Gasteiger partial charge in [0.15, 0.2) is 0 Å². The first-order chi connectivity index (χ1) is 13.9. The van der Waals surface area contributed by atoms with Crippen molar-refractivity contribution in [3.05, 3.63) is 75.2 Å². The van der Waals surface area contributed by atoms with Crippen molar-refractivity contribution in [1.29, 1.82) is 0 Å². The Hall–Kier alpha value is -2.80. The minimum atomic E-state index is -0.308. The van der Waals surface area contributed by atoms with E-state index >= 15 is 0 Å². The van der Waals surface area contributed by atoms with Crippen LogP contribution in [0.15, 0.2) is 54.6 Å². The van der Waals surface area contributed by atoms with E-state index in [9.17, 15) is 4.79 Å². The molecule has 0 aliphatic heterocycles. The second kappa shape index (κ2) is 7.91. The Balaban J connectivity index is 1.60. The molecule has 0 spiro atoms. The molecule has 3 aromatic carbocycles. The molecule has 0 atom stereocenters. The first kappa shape index (κ1) is 19.5. The molecule has 1 heterocycles. The molecule has 1 aromatic heterocycles. The van der Waals surface area contributed by atoms with Crippen LogP contribution in [-0.4, -0.2) is 28.0 Å². The highest BCUT2D eigenvalue weighted by Gasteiger charge is 2.11. The quantitative estimate of drug-likeness (QED) is 0.439. The molecule has 0 fully saturated rings. The van der Waals surface area contributed by atoms with E-state index in [4.69, 9.17) is 39.5 Å². The van der Waals surface area contributed by atoms with Gasteiger partial charge in [0.1, 0.15) is 16.8 Å². The molecule has 0 bridgehead atoms. The standard InChI is InChI=1S/C20H13Cl3N4O2/c1-29-19-7-4-13(10-16(19)23)27-25-17-6-3-12(9-18(17)26-27)24-20(28)11-2-5-14(21)15(22)8-11/h2-10H,1H3,(H,24,28). The number of aromatic nitrogens is 3. The van der Waals surface area contributed by atoms with Gasteiger partial charge in [-0.15, -0.1) is 10.2 Å². The van der Waals surface area contributed by atoms with Gasteiger partial charge in [-0.1, -0.05) is 34.8 Å². The van der Waals surface area contributed by atoms with Gasteiger partial charge in [-0.05, 0) is 54.6 Å². The van der Waals surface area contributed by atoms with Gasteiger partial charge >= 0.3 is 0 Å². The molecule has 0 unspecified atom stereocenters. The van der Waals surface area contributed by atoms with Crippen molar-refractivity contribution in [1.82, 2.24) is 15.0 Å². The molecular formula is C20H13Cl3N4O2. The number of rotatable bonds is 4. The number of fused-ring (bicyclic) bond motifs is 1. The van der Waals surface area contributed by atoms with Crippen molar-refractivity contribution in [2.75, 3.05) is 12.4 Å². The van der Waals surface area contributed by atoms with E-state index in [-0.39, 0.29) is 5.91 Å². The van der Waals surface area contributed by atoms with Crippen LogP contribution in [0.2, 0.25) is 15.1 Å². The van der Waals surface area contributed by atoms with Crippen LogP contribution in [0, 0.1) is 0 Å². The maximum absolute atomic E-state index is 12.5. The van der Waals surface area contributed by atoms with Crippen molar-refractivity contribution in [3.63, 3.8) is 0 Å². The second-order valence-electron chi connectivity index (χ2n) is 6.09. The fraction of sp³-hybridized carbons (Fsp3) is 0.0500. The summed E-state index contributed by atoms with van der Waals surface area (Å²) in [5, 5.41) is 12.9. The van der Waals surface area contributed by atoms with E-state index < -0.39 is 0 Å². The van der Waals surface area contributed by atoms with Gasteiger partial charge in [0.25, 0.3) is 5.91 Å². The molecule has 0 saturated heterocycles. The van der Waals surface area contributed by atoms with Crippen molar-refractivity contribution >= 4 is 57.4 Å². The number of nitrogens with one attached hydrogen (secondary N) is 1. The van der Waals surface area contributed by atoms with E-state index in [0.717, 1.165) is 0 Å². The van der Waals surface area contributed by atoms with E-state index in [0.29, 0.717) is 48.8 Å². The number of halogens is 3. The van der Waals surface area contributed by atoms with Gasteiger partial charge in [-0.3, -0.25) is 4.79 Å². The number of carbonyl (C=O) groups excluding carboxylic acids is 1. The number of methoxy groups -OCH3 is 1. The first-order valence-electron chi connectivity index (χ1n) is 8.42. The number of hydrogen-bond acceptors (Lipinski definition) is 4. The number of ether oxygens (including phenoxy) is 1. The highest BCUT2D eigenvalue weighted by Crippen LogP contribution is 2.27. The zero-order valence-electron chi connectivity index (χ0n) is 15.0. The number of hydrogen-bond donors (Lipinski definition) is 1. The van der Waals surface area contributed by atoms with Crippen LogP contribution in [0.1, 0.15) is 10.4 Å². The van der Waals surface area contributed by atoms with Crippen LogP contribution in [0.5, 0.6) is 5.75 Å². The second-order valence-corrected chi connectivity index (χ2v) is 7.32. The summed E-state index contributed by atoms with van der Waals surface area (Å²) >= 11 is 18.1. The number of amides is 1. The summed E-state index contributed by atoms with van der Waals surface area (Å²) in [5.41, 5.74) is 2.95. The van der Waals surface area contributed by atoms with Gasteiger partial charge in [0.2, 0.25) is 0 Å². The number of carbonyl (C=O) groups is 1. The number of nitrogens with zero attached hydrogens (tertiary/aromatic N) is 3. The normalized spacial score (nSPS) is 10.9. The van der Waals surface area contributed by atoms with Crippen molar-refractivity contribution < 1.29 is 9.53 Å². The Morgan fingerprint density at radius 3 is 2.41 bits per heavy atom. The van der Waals surface area contributed by atoms with Gasteiger partial charge in [-0.2, -0.15) is 4.80 Å². The van der Waals surface area contributed by atoms with Crippen LogP contribution >= 0.6 is 34.8 Å². The zero-order valence-corrected chi connectivity index (χ0v) is 17.3. The number of benzene rings is 3. The highest BCUT2D eigenvalue weighted by molar-refractivity contribution is 6.42. The Bertz CT molecular complexity index is 1240. The average Bonchev–Trinajstić information content (AvgIpc) is 3.13. The van der Waals surface area contributed by atoms with Crippen LogP contribution in [-0.2, 0) is 0 Å². The predicted octanol–water partition coefficient (Wildman–Crippen LogP) is 5.64. The molecule has 0 aliphatic carbocycles. The lowest BCUT2D eigenvalue weighted by Crippen LogP contribution is -2.11. The average molecular weight is 448 g/mol. The van der Waals surface area contributed by atoms with E-state index in [1.807, 2.05) is 0 Å². The minimum Gasteiger partial charge on any atom is -0.495 e. The van der Waals surface area contributed by atoms with Crippen LogP contribution in [0.4, 0.5) is 5.69 Å². The van der Waals surface area contributed by atoms with Gasteiger partial charge in [0.05, 0.1) is 27.9 Å². The Kier molecular flexibility index (Phi) is 5.32. The van der Waals surface area contributed by atoms with Gasteiger partial charge < -0.3 is 10.1 Å². The molecular weight excluding hydrogens is 435 g/mol. The summed E-state index contributed by atoms with van der Waals surface area (Å²) in [6.07, 6.45) is 0. The molecule has 0 radical (unpaired) electrons. The molecule has 1 N–H and O–H groups in total. The Morgan fingerprint density at radius 2 is 1.69 bits per heavy atom. The smallest absolute Gasteiger partial charge is 0.255 e. The van der Waals surface area contributed by atoms with Gasteiger partial charge in [-0.25, -0.2) is 0 Å². The molecule has 1 amide bonds. The Labute approximate surface area is 180 Å². The summed E-state index contributed by atoms with van der Waals surface area (Å²) in [6, 6.07) is 15.2. The van der Waals surface area contributed by atoms with Gasteiger partial charge in [0, 0.05) is 11.3 Å². The van der Waals surface area contributed by atoms with E-state index in [1.54, 1.807) is 55.6 Å². The fourth-order valence-electron chi connectivity index (χ4n) is 2.73. The summed E-state index contributed by atoms with van der Waals surface area (Å²) in [4.78, 5) is 13.9. The maximum atomic E-state index is 12.5. The Morgan fingerprint density at radius 1 is 0.897 bits per heavy atom. The summed E-state index contributed by atoms with van der Waals surface area (Å²) < 4.78 is 5.16. The minimum absolute atomic E-state index is 0.308. The molecule has 146 valence electrons. The summed E-state index contributed by atoms with van der Waals surface area (Å²) in [5.74, 6) is 0.261. The lowest BCUT2D eigenvalue weighted by molar-refractivity contribution is 0.102. The molecule has 0 aliphatic rings. The van der Waals surface area contributed by atoms with Crippen molar-refractivity contribution in [3.8, 4) is 11.4 Å². The maximum Gasteiger partial charge on any atom is 0.255 e. The summed E-state index contributed by atoms with van der Waals surface area (Å²) in [7, 11) is 1.55. The molecule has 0 saturated carbocycles. The largest absolute Gasteiger partial charge is 0.495 e. The lowest BCUT2D eigenvalue weighted by Gasteiger charge is -2.06.